The van der Waals surface area contributed by atoms with Gasteiger partial charge in [0.1, 0.15) is 12.2 Å². The number of aliphatic hydroxyl groups is 1. The van der Waals surface area contributed by atoms with Gasteiger partial charge in [0.25, 0.3) is 0 Å². The van der Waals surface area contributed by atoms with Gasteiger partial charge >= 0.3 is 5.97 Å². The molecule has 0 aliphatic heterocycles. The van der Waals surface area contributed by atoms with Gasteiger partial charge in [0.2, 0.25) is 0 Å². The van der Waals surface area contributed by atoms with Crippen molar-refractivity contribution in [2.75, 3.05) is 0 Å². The molecule has 0 amide bonds. The molecule has 2 aliphatic carbocycles. The summed E-state index contributed by atoms with van der Waals surface area (Å²) in [6.07, 6.45) is 1.23. The summed E-state index contributed by atoms with van der Waals surface area (Å²) >= 11 is 0. The van der Waals surface area contributed by atoms with Gasteiger partial charge in [-0.2, -0.15) is 0 Å². The Kier molecular flexibility index (Phi) is 5.78. The van der Waals surface area contributed by atoms with E-state index in [2.05, 4.69) is 0 Å². The second kappa shape index (κ2) is 9.26. The van der Waals surface area contributed by atoms with Crippen LogP contribution in [0.5, 0.6) is 0 Å². The fourth-order valence-corrected chi connectivity index (χ4v) is 5.33. The fourth-order valence-electron chi connectivity index (χ4n) is 5.33. The van der Waals surface area contributed by atoms with Gasteiger partial charge in [-0.3, -0.25) is 9.59 Å². The van der Waals surface area contributed by atoms with Crippen LogP contribution in [-0.2, 0) is 11.2 Å². The molecule has 4 aromatic rings. The molecule has 0 spiro atoms. The first-order valence-corrected chi connectivity index (χ1v) is 12.4. The molecule has 0 heterocycles. The molecule has 0 aromatic heterocycles. The van der Waals surface area contributed by atoms with Crippen LogP contribution >= 0.6 is 0 Å². The Morgan fingerprint density at radius 2 is 1.43 bits per heavy atom. The first kappa shape index (κ1) is 23.1. The van der Waals surface area contributed by atoms with Crippen molar-refractivity contribution >= 4 is 17.5 Å². The molecule has 0 saturated carbocycles. The zero-order valence-electron chi connectivity index (χ0n) is 20.0. The summed E-state index contributed by atoms with van der Waals surface area (Å²) in [5.41, 5.74) is 5.10. The summed E-state index contributed by atoms with van der Waals surface area (Å²) < 4.78 is 5.91. The Hall–Kier alpha value is -4.35. The van der Waals surface area contributed by atoms with Crippen LogP contribution in [0.3, 0.4) is 0 Å². The maximum atomic E-state index is 13.1. The highest BCUT2D eigenvalue weighted by molar-refractivity contribution is 6.28. The number of aliphatic hydroxyl groups excluding tert-OH is 1. The van der Waals surface area contributed by atoms with Gasteiger partial charge in [-0.15, -0.1) is 0 Å². The maximum Gasteiger partial charge on any atom is 0.338 e. The van der Waals surface area contributed by atoms with E-state index in [1.54, 1.807) is 30.3 Å². The Morgan fingerprint density at radius 3 is 2.19 bits per heavy atom. The molecule has 0 saturated heterocycles. The minimum absolute atomic E-state index is 0.222. The number of hydrogen-bond acceptors (Lipinski definition) is 5. The summed E-state index contributed by atoms with van der Waals surface area (Å²) in [6.45, 7) is 0. The van der Waals surface area contributed by atoms with Gasteiger partial charge < -0.3 is 9.84 Å². The number of benzene rings is 4. The lowest BCUT2D eigenvalue weighted by molar-refractivity contribution is 0.0256. The molecule has 0 radical (unpaired) electrons. The Morgan fingerprint density at radius 1 is 0.757 bits per heavy atom. The number of carbonyl (C=O) groups is 3. The highest BCUT2D eigenvalue weighted by Crippen LogP contribution is 2.36. The predicted octanol–water partition coefficient (Wildman–Crippen LogP) is 5.78. The van der Waals surface area contributed by atoms with Crippen LogP contribution in [0, 0.1) is 0 Å². The predicted molar refractivity (Wildman–Crippen MR) is 138 cm³/mol. The maximum absolute atomic E-state index is 13.1. The van der Waals surface area contributed by atoms with Crippen molar-refractivity contribution in [3.05, 3.63) is 141 Å². The van der Waals surface area contributed by atoms with Crippen LogP contribution < -0.4 is 0 Å². The molecule has 2 atom stereocenters. The third-order valence-electron chi connectivity index (χ3n) is 7.27. The molecule has 37 heavy (non-hydrogen) atoms. The van der Waals surface area contributed by atoms with Gasteiger partial charge in [-0.05, 0) is 59.7 Å². The van der Waals surface area contributed by atoms with Gasteiger partial charge in [-0.25, -0.2) is 4.79 Å². The van der Waals surface area contributed by atoms with Crippen molar-refractivity contribution in [1.82, 2.24) is 0 Å². The van der Waals surface area contributed by atoms with Crippen LogP contribution in [0.25, 0.3) is 0 Å². The third-order valence-corrected chi connectivity index (χ3v) is 7.27. The first-order valence-electron chi connectivity index (χ1n) is 12.4. The lowest BCUT2D eigenvalue weighted by Gasteiger charge is -2.27. The summed E-state index contributed by atoms with van der Waals surface area (Å²) in [7, 11) is 0. The molecule has 182 valence electrons. The summed E-state index contributed by atoms with van der Waals surface area (Å²) in [4.78, 5) is 39.1. The van der Waals surface area contributed by atoms with E-state index in [-0.39, 0.29) is 22.7 Å². The Labute approximate surface area is 214 Å². The highest BCUT2D eigenvalue weighted by Gasteiger charge is 2.31. The smallest absolute Gasteiger partial charge is 0.338 e. The molecular weight excluding hydrogens is 464 g/mol. The molecule has 6 rings (SSSR count). The summed E-state index contributed by atoms with van der Waals surface area (Å²) in [5, 5.41) is 10.8. The topological polar surface area (TPSA) is 80.7 Å². The Balaban J connectivity index is 1.24. The largest absolute Gasteiger partial charge is 0.454 e. The normalized spacial score (nSPS) is 16.8. The first-order chi connectivity index (χ1) is 18.0. The number of aryl methyl sites for hydroxylation is 1. The number of ketones is 2. The number of hydrogen-bond donors (Lipinski definition) is 1. The van der Waals surface area contributed by atoms with E-state index < -0.39 is 18.2 Å². The second-order valence-electron chi connectivity index (χ2n) is 9.52. The third kappa shape index (κ3) is 4.07. The van der Waals surface area contributed by atoms with E-state index in [1.807, 2.05) is 48.5 Å². The van der Waals surface area contributed by atoms with Crippen LogP contribution in [-0.4, -0.2) is 22.6 Å². The summed E-state index contributed by atoms with van der Waals surface area (Å²) in [5.74, 6) is -1.03. The molecule has 2 aliphatic rings. The fraction of sp³-hybridized carbons (Fsp3) is 0.156. The van der Waals surface area contributed by atoms with E-state index in [1.165, 1.54) is 12.1 Å². The average Bonchev–Trinajstić information content (AvgIpc) is 2.95. The van der Waals surface area contributed by atoms with Gasteiger partial charge in [0, 0.05) is 22.3 Å². The molecule has 5 nitrogen and oxygen atoms in total. The van der Waals surface area contributed by atoms with Crippen molar-refractivity contribution in [3.8, 4) is 0 Å². The van der Waals surface area contributed by atoms with E-state index in [9.17, 15) is 19.5 Å². The zero-order valence-corrected chi connectivity index (χ0v) is 20.0. The minimum atomic E-state index is -0.727. The molecule has 2 unspecified atom stereocenters. The lowest BCUT2D eigenvalue weighted by atomic mass is 9.83. The number of ether oxygens (including phenoxy) is 1. The zero-order chi connectivity index (χ0) is 25.5. The Bertz CT molecular complexity index is 1550. The number of esters is 1. The average molecular weight is 489 g/mol. The van der Waals surface area contributed by atoms with Crippen LogP contribution in [0.4, 0.5) is 0 Å². The minimum Gasteiger partial charge on any atom is -0.454 e. The van der Waals surface area contributed by atoms with Gasteiger partial charge in [-0.1, -0.05) is 72.8 Å². The molecule has 5 heteroatoms. The monoisotopic (exact) mass is 488 g/mol. The quantitative estimate of drug-likeness (QED) is 0.325. The number of fused-ring (bicyclic) bond motifs is 3. The van der Waals surface area contributed by atoms with E-state index in [4.69, 9.17) is 4.74 Å². The van der Waals surface area contributed by atoms with Crippen LogP contribution in [0.15, 0.2) is 91.0 Å². The highest BCUT2D eigenvalue weighted by atomic mass is 16.5. The van der Waals surface area contributed by atoms with Gasteiger partial charge in [0.15, 0.2) is 11.6 Å². The van der Waals surface area contributed by atoms with Crippen molar-refractivity contribution in [2.24, 2.45) is 0 Å². The van der Waals surface area contributed by atoms with Crippen LogP contribution in [0.1, 0.15) is 89.5 Å². The molecule has 0 bridgehead atoms. The van der Waals surface area contributed by atoms with Gasteiger partial charge in [0.05, 0.1) is 5.56 Å². The van der Waals surface area contributed by atoms with Crippen molar-refractivity contribution in [1.29, 1.82) is 0 Å². The molecule has 0 fully saturated rings. The van der Waals surface area contributed by atoms with Crippen molar-refractivity contribution < 1.29 is 24.2 Å². The van der Waals surface area contributed by atoms with Crippen molar-refractivity contribution in [2.45, 2.75) is 31.5 Å². The molecule has 4 aromatic carbocycles. The van der Waals surface area contributed by atoms with Crippen LogP contribution in [0.2, 0.25) is 0 Å². The van der Waals surface area contributed by atoms with Crippen molar-refractivity contribution in [3.63, 3.8) is 0 Å². The second-order valence-corrected chi connectivity index (χ2v) is 9.52. The van der Waals surface area contributed by atoms with E-state index in [0.29, 0.717) is 23.1 Å². The van der Waals surface area contributed by atoms with E-state index in [0.717, 1.165) is 35.1 Å². The molecule has 1 N–H and O–H groups in total. The number of rotatable bonds is 4. The lowest BCUT2D eigenvalue weighted by Crippen LogP contribution is -2.22. The number of carbonyl (C=O) groups excluding carboxylic acids is 3. The SMILES string of the molecule is O=C(OC1CCCc2cc(C(O)c3ccccc3)ccc21)c1ccc2c(c1)C(=O)c1ccccc1C2=O. The van der Waals surface area contributed by atoms with E-state index >= 15 is 0 Å². The standard InChI is InChI=1S/C32H24O5/c33-29(19-7-2-1-3-8-19)21-13-15-23-20(17-21)9-6-12-28(23)37-32(36)22-14-16-26-27(18-22)31(35)25-11-5-4-10-24(25)30(26)34/h1-5,7-8,10-11,13-18,28-29,33H,6,9,12H2. The molecular formula is C32H24O5. The summed E-state index contributed by atoms with van der Waals surface area (Å²) in [6, 6.07) is 26.6.